The van der Waals surface area contributed by atoms with Crippen LogP contribution in [0.3, 0.4) is 0 Å². The van der Waals surface area contributed by atoms with E-state index in [1.165, 1.54) is 21.2 Å². The Balaban J connectivity index is 2.51. The zero-order valence-electron chi connectivity index (χ0n) is 11.5. The summed E-state index contributed by atoms with van der Waals surface area (Å²) in [4.78, 5) is 35.6. The number of rotatable bonds is 4. The highest BCUT2D eigenvalue weighted by Gasteiger charge is 2.38. The Morgan fingerprint density at radius 3 is 2.60 bits per heavy atom. The number of methoxy groups -OCH3 is 1. The number of amides is 2. The van der Waals surface area contributed by atoms with Gasteiger partial charge in [-0.2, -0.15) is 0 Å². The lowest BCUT2D eigenvalue weighted by Crippen LogP contribution is -2.25. The van der Waals surface area contributed by atoms with Crippen molar-refractivity contribution in [3.63, 3.8) is 0 Å². The highest BCUT2D eigenvalue weighted by molar-refractivity contribution is 6.06. The molecular weight excluding hydrogens is 262 g/mol. The third-order valence-corrected chi connectivity index (χ3v) is 3.46. The molecule has 0 spiro atoms. The molecule has 1 atom stereocenters. The van der Waals surface area contributed by atoms with Gasteiger partial charge in [-0.05, 0) is 23.8 Å². The number of benzene rings is 1. The second-order valence-electron chi connectivity index (χ2n) is 4.58. The number of nitrogens with zero attached hydrogens (tertiary/aromatic N) is 3. The van der Waals surface area contributed by atoms with Crippen LogP contribution < -0.4 is 9.75 Å². The van der Waals surface area contributed by atoms with E-state index in [4.69, 9.17) is 4.74 Å². The fourth-order valence-corrected chi connectivity index (χ4v) is 2.28. The van der Waals surface area contributed by atoms with Gasteiger partial charge in [-0.1, -0.05) is 0 Å². The summed E-state index contributed by atoms with van der Waals surface area (Å²) in [5, 5.41) is 3.97. The molecule has 1 fully saturated rings. The highest BCUT2D eigenvalue weighted by Crippen LogP contribution is 2.37. The maximum atomic E-state index is 12.1. The normalized spacial score (nSPS) is 18.4. The van der Waals surface area contributed by atoms with Crippen LogP contribution in [0.4, 0.5) is 5.69 Å². The smallest absolute Gasteiger partial charge is 0.237 e. The highest BCUT2D eigenvalue weighted by atomic mass is 16.5. The molecule has 106 valence electrons. The molecule has 1 aliphatic heterocycles. The van der Waals surface area contributed by atoms with Gasteiger partial charge in [-0.25, -0.2) is 5.01 Å². The van der Waals surface area contributed by atoms with E-state index in [-0.39, 0.29) is 18.2 Å². The Hall–Kier alpha value is -2.44. The van der Waals surface area contributed by atoms with Crippen molar-refractivity contribution in [3.05, 3.63) is 28.7 Å². The van der Waals surface area contributed by atoms with Gasteiger partial charge < -0.3 is 4.74 Å². The molecule has 0 saturated carbocycles. The zero-order chi connectivity index (χ0) is 14.9. The molecule has 7 nitrogen and oxygen atoms in total. The van der Waals surface area contributed by atoms with E-state index in [1.54, 1.807) is 18.2 Å². The van der Waals surface area contributed by atoms with Gasteiger partial charge in [0.2, 0.25) is 11.8 Å². The Morgan fingerprint density at radius 2 is 2.10 bits per heavy atom. The summed E-state index contributed by atoms with van der Waals surface area (Å²) in [5.74, 6) is -0.584. The lowest BCUT2D eigenvalue weighted by atomic mass is 9.95. The fraction of sp³-hybridized carbons (Fsp3) is 0.385. The number of hydrogen-bond acceptors (Lipinski definition) is 5. The summed E-state index contributed by atoms with van der Waals surface area (Å²) in [6.07, 6.45) is 0.0855. The number of carbonyl (C=O) groups is 2. The Morgan fingerprint density at radius 1 is 1.40 bits per heavy atom. The summed E-state index contributed by atoms with van der Waals surface area (Å²) in [7, 11) is 4.45. The van der Waals surface area contributed by atoms with E-state index >= 15 is 0 Å². The first-order valence-electron chi connectivity index (χ1n) is 6.05. The largest absolute Gasteiger partial charge is 0.497 e. The van der Waals surface area contributed by atoms with Gasteiger partial charge in [0.1, 0.15) is 5.75 Å². The van der Waals surface area contributed by atoms with Gasteiger partial charge >= 0.3 is 0 Å². The van der Waals surface area contributed by atoms with Crippen molar-refractivity contribution in [2.24, 2.45) is 5.29 Å². The number of carbonyl (C=O) groups excluding carboxylic acids is 2. The molecule has 1 heterocycles. The standard InChI is InChI=1S/C13H15N3O4/c1-15-12(17)7-10(13(15)18)9-6-8(20-3)4-5-11(9)16(2)14-19/h4-6,10H,7H2,1-3H3/t10-/m0/s1. The predicted molar refractivity (Wildman–Crippen MR) is 72.3 cm³/mol. The Labute approximate surface area is 116 Å². The van der Waals surface area contributed by atoms with Crippen molar-refractivity contribution >= 4 is 17.5 Å². The molecule has 0 radical (unpaired) electrons. The van der Waals surface area contributed by atoms with Crippen LogP contribution in [0.1, 0.15) is 17.9 Å². The van der Waals surface area contributed by atoms with Gasteiger partial charge in [0, 0.05) is 20.5 Å². The van der Waals surface area contributed by atoms with E-state index in [1.807, 2.05) is 0 Å². The molecule has 7 heteroatoms. The summed E-state index contributed by atoms with van der Waals surface area (Å²) < 4.78 is 5.13. The predicted octanol–water partition coefficient (Wildman–Crippen LogP) is 1.29. The van der Waals surface area contributed by atoms with Crippen molar-refractivity contribution < 1.29 is 14.3 Å². The topological polar surface area (TPSA) is 79.3 Å². The van der Waals surface area contributed by atoms with E-state index in [9.17, 15) is 14.5 Å². The molecule has 0 unspecified atom stereocenters. The molecule has 0 bridgehead atoms. The molecule has 1 aromatic rings. The SMILES string of the molecule is COc1ccc(N(C)N=O)c([C@@H]2CC(=O)N(C)C2=O)c1. The number of likely N-dealkylation sites (N-methyl/N-ethyl adjacent to an activating group) is 1. The van der Waals surface area contributed by atoms with Gasteiger partial charge in [0.25, 0.3) is 0 Å². The molecule has 2 amide bonds. The van der Waals surface area contributed by atoms with Gasteiger partial charge in [0.05, 0.1) is 24.0 Å². The van der Waals surface area contributed by atoms with Crippen LogP contribution >= 0.6 is 0 Å². The van der Waals surface area contributed by atoms with Crippen LogP contribution in [0.2, 0.25) is 0 Å². The molecule has 0 aliphatic carbocycles. The van der Waals surface area contributed by atoms with Crippen LogP contribution in [0, 0.1) is 4.91 Å². The van der Waals surface area contributed by atoms with Crippen molar-refractivity contribution in [2.45, 2.75) is 12.3 Å². The minimum Gasteiger partial charge on any atom is -0.497 e. The van der Waals surface area contributed by atoms with Crippen LogP contribution in [-0.2, 0) is 9.59 Å². The molecule has 0 aromatic heterocycles. The van der Waals surface area contributed by atoms with Crippen LogP contribution in [0.5, 0.6) is 5.75 Å². The number of anilines is 1. The van der Waals surface area contributed by atoms with E-state index in [0.717, 1.165) is 9.91 Å². The molecule has 20 heavy (non-hydrogen) atoms. The van der Waals surface area contributed by atoms with Crippen molar-refractivity contribution in [1.29, 1.82) is 0 Å². The van der Waals surface area contributed by atoms with Crippen molar-refractivity contribution in [1.82, 2.24) is 4.90 Å². The van der Waals surface area contributed by atoms with Gasteiger partial charge in [0.15, 0.2) is 0 Å². The third kappa shape index (κ3) is 2.22. The van der Waals surface area contributed by atoms with Gasteiger partial charge in [-0.15, -0.1) is 4.91 Å². The molecule has 1 aromatic carbocycles. The second-order valence-corrected chi connectivity index (χ2v) is 4.58. The first kappa shape index (κ1) is 14.0. The summed E-state index contributed by atoms with van der Waals surface area (Å²) in [6, 6.07) is 4.98. The fourth-order valence-electron chi connectivity index (χ4n) is 2.28. The van der Waals surface area contributed by atoms with Gasteiger partial charge in [-0.3, -0.25) is 14.5 Å². The van der Waals surface area contributed by atoms with E-state index < -0.39 is 5.92 Å². The number of nitroso groups, excluding NO2 is 1. The summed E-state index contributed by atoms with van der Waals surface area (Å²) >= 11 is 0. The monoisotopic (exact) mass is 277 g/mol. The average Bonchev–Trinajstić information content (AvgIpc) is 2.73. The molecule has 1 aliphatic rings. The first-order valence-corrected chi connectivity index (χ1v) is 6.05. The van der Waals surface area contributed by atoms with Crippen LogP contribution in [0.15, 0.2) is 23.5 Å². The minimum atomic E-state index is -0.609. The van der Waals surface area contributed by atoms with Crippen LogP contribution in [-0.4, -0.2) is 37.9 Å². The summed E-state index contributed by atoms with van der Waals surface area (Å²) in [5.41, 5.74) is 1.05. The lowest BCUT2D eigenvalue weighted by Gasteiger charge is -2.18. The average molecular weight is 277 g/mol. The first-order chi connectivity index (χ1) is 9.49. The number of hydrogen-bond donors (Lipinski definition) is 0. The quantitative estimate of drug-likeness (QED) is 0.470. The minimum absolute atomic E-state index is 0.0855. The maximum absolute atomic E-state index is 12.1. The molecule has 2 rings (SSSR count). The maximum Gasteiger partial charge on any atom is 0.237 e. The lowest BCUT2D eigenvalue weighted by molar-refractivity contribution is -0.137. The zero-order valence-corrected chi connectivity index (χ0v) is 11.5. The van der Waals surface area contributed by atoms with Crippen molar-refractivity contribution in [3.8, 4) is 5.75 Å². The number of ether oxygens (including phenoxy) is 1. The van der Waals surface area contributed by atoms with Crippen LogP contribution in [0.25, 0.3) is 0 Å². The van der Waals surface area contributed by atoms with Crippen molar-refractivity contribution in [2.75, 3.05) is 26.2 Å². The summed E-state index contributed by atoms with van der Waals surface area (Å²) in [6.45, 7) is 0. The van der Waals surface area contributed by atoms with E-state index in [0.29, 0.717) is 17.0 Å². The number of imide groups is 1. The molecular formula is C13H15N3O4. The Bertz CT molecular complexity index is 573. The number of likely N-dealkylation sites (tertiary alicyclic amines) is 1. The Kier molecular flexibility index (Phi) is 3.69. The van der Waals surface area contributed by atoms with E-state index in [2.05, 4.69) is 5.29 Å². The molecule has 1 saturated heterocycles. The third-order valence-electron chi connectivity index (χ3n) is 3.46. The molecule has 0 N–H and O–H groups in total. The second kappa shape index (κ2) is 5.28.